The Morgan fingerprint density at radius 1 is 1.09 bits per heavy atom. The van der Waals surface area contributed by atoms with E-state index in [-0.39, 0.29) is 5.91 Å². The van der Waals surface area contributed by atoms with Gasteiger partial charge in [-0.25, -0.2) is 8.51 Å². The minimum absolute atomic E-state index is 0.259. The molecule has 0 spiro atoms. The van der Waals surface area contributed by atoms with Gasteiger partial charge in [-0.1, -0.05) is 54.1 Å². The Balaban J connectivity index is 2.29. The highest BCUT2D eigenvalue weighted by atomic mass is 32.2. The van der Waals surface area contributed by atoms with Crippen molar-refractivity contribution in [2.45, 2.75) is 25.3 Å². The molecule has 0 aliphatic heterocycles. The summed E-state index contributed by atoms with van der Waals surface area (Å²) in [5.41, 5.74) is 2.04. The maximum absolute atomic E-state index is 12.8. The van der Waals surface area contributed by atoms with E-state index in [4.69, 9.17) is 0 Å². The van der Waals surface area contributed by atoms with Crippen LogP contribution in [0.5, 0.6) is 0 Å². The first-order valence-electron chi connectivity index (χ1n) is 7.08. The fourth-order valence-corrected chi connectivity index (χ4v) is 3.09. The molecule has 3 nitrogen and oxygen atoms in total. The van der Waals surface area contributed by atoms with Crippen LogP contribution >= 0.6 is 0 Å². The van der Waals surface area contributed by atoms with E-state index in [9.17, 15) is 9.00 Å². The van der Waals surface area contributed by atoms with Gasteiger partial charge in [0.15, 0.2) is 11.0 Å². The summed E-state index contributed by atoms with van der Waals surface area (Å²) >= 11 is 0. The van der Waals surface area contributed by atoms with Gasteiger partial charge in [0, 0.05) is 0 Å². The van der Waals surface area contributed by atoms with Gasteiger partial charge in [0.1, 0.15) is 0 Å². The van der Waals surface area contributed by atoms with Crippen molar-refractivity contribution in [2.75, 3.05) is 0 Å². The highest BCUT2D eigenvalue weighted by molar-refractivity contribution is 7.83. The fraction of sp³-hybridized carbons (Fsp3) is 0.167. The van der Waals surface area contributed by atoms with Gasteiger partial charge in [0.25, 0.3) is 5.91 Å². The molecule has 0 saturated carbocycles. The van der Waals surface area contributed by atoms with Crippen molar-refractivity contribution in [3.8, 4) is 0 Å². The molecule has 114 valence electrons. The SMILES string of the molecule is C/C=C/C(=O)N(Cc1ccccc1)[S@@](=O)c1ccc(C)cc1. The molecular formula is C18H19NO2S. The van der Waals surface area contributed by atoms with Crippen LogP contribution in [0.4, 0.5) is 0 Å². The molecule has 0 fully saturated rings. The van der Waals surface area contributed by atoms with Crippen LogP contribution in [0, 0.1) is 6.92 Å². The highest BCUT2D eigenvalue weighted by Gasteiger charge is 2.19. The normalized spacial score (nSPS) is 12.3. The number of hydrogen-bond acceptors (Lipinski definition) is 2. The molecule has 0 N–H and O–H groups in total. The standard InChI is InChI=1S/C18H19NO2S/c1-3-7-18(20)19(14-16-8-5-4-6-9-16)22(21)17-12-10-15(2)11-13-17/h3-13H,14H2,1-2H3/b7-3+/t22-/m0/s1. The van der Waals surface area contributed by atoms with Crippen LogP contribution in [0.3, 0.4) is 0 Å². The Kier molecular flexibility index (Phi) is 5.67. The number of hydrogen-bond donors (Lipinski definition) is 0. The van der Waals surface area contributed by atoms with Crippen molar-refractivity contribution < 1.29 is 9.00 Å². The Bertz CT molecular complexity index is 678. The lowest BCUT2D eigenvalue weighted by molar-refractivity contribution is -0.121. The quantitative estimate of drug-likeness (QED) is 0.791. The van der Waals surface area contributed by atoms with E-state index < -0.39 is 11.0 Å². The summed E-state index contributed by atoms with van der Waals surface area (Å²) in [4.78, 5) is 12.9. The first kappa shape index (κ1) is 16.2. The van der Waals surface area contributed by atoms with Crippen molar-refractivity contribution in [1.82, 2.24) is 4.31 Å². The van der Waals surface area contributed by atoms with Crippen LogP contribution in [0.15, 0.2) is 71.6 Å². The zero-order valence-electron chi connectivity index (χ0n) is 12.7. The third-order valence-corrected chi connectivity index (χ3v) is 4.53. The van der Waals surface area contributed by atoms with Gasteiger partial charge < -0.3 is 0 Å². The van der Waals surface area contributed by atoms with Crippen LogP contribution in [0.1, 0.15) is 18.1 Å². The molecule has 2 rings (SSSR count). The minimum Gasteiger partial charge on any atom is -0.269 e. The van der Waals surface area contributed by atoms with Crippen molar-refractivity contribution in [3.05, 3.63) is 77.9 Å². The molecule has 0 saturated heterocycles. The van der Waals surface area contributed by atoms with E-state index in [1.54, 1.807) is 25.1 Å². The molecule has 0 bridgehead atoms. The summed E-state index contributed by atoms with van der Waals surface area (Å²) in [6.07, 6.45) is 3.10. The average Bonchev–Trinajstić information content (AvgIpc) is 2.54. The Labute approximate surface area is 133 Å². The van der Waals surface area contributed by atoms with Crippen molar-refractivity contribution in [2.24, 2.45) is 0 Å². The van der Waals surface area contributed by atoms with Crippen molar-refractivity contribution >= 4 is 16.9 Å². The van der Waals surface area contributed by atoms with Gasteiger partial charge >= 0.3 is 0 Å². The maximum Gasteiger partial charge on any atom is 0.258 e. The molecular weight excluding hydrogens is 294 g/mol. The molecule has 0 aliphatic carbocycles. The summed E-state index contributed by atoms with van der Waals surface area (Å²) in [6.45, 7) is 4.05. The van der Waals surface area contributed by atoms with Crippen LogP contribution in [-0.4, -0.2) is 14.4 Å². The van der Waals surface area contributed by atoms with E-state index >= 15 is 0 Å². The zero-order chi connectivity index (χ0) is 15.9. The largest absolute Gasteiger partial charge is 0.269 e. The van der Waals surface area contributed by atoms with E-state index in [0.717, 1.165) is 11.1 Å². The first-order chi connectivity index (χ1) is 10.6. The maximum atomic E-state index is 12.8. The van der Waals surface area contributed by atoms with Gasteiger partial charge in [-0.3, -0.25) is 4.79 Å². The third kappa shape index (κ3) is 4.15. The van der Waals surface area contributed by atoms with Crippen LogP contribution in [-0.2, 0) is 22.3 Å². The van der Waals surface area contributed by atoms with Crippen LogP contribution in [0.2, 0.25) is 0 Å². The summed E-state index contributed by atoms with van der Waals surface area (Å²) in [5.74, 6) is -0.259. The molecule has 0 radical (unpaired) electrons. The van der Waals surface area contributed by atoms with E-state index in [1.807, 2.05) is 49.4 Å². The number of allylic oxidation sites excluding steroid dienone is 1. The van der Waals surface area contributed by atoms with Crippen molar-refractivity contribution in [3.63, 3.8) is 0 Å². The van der Waals surface area contributed by atoms with Gasteiger partial charge in [0.2, 0.25) is 0 Å². The molecule has 1 atom stereocenters. The second kappa shape index (κ2) is 7.71. The molecule has 2 aromatic carbocycles. The number of benzene rings is 2. The predicted molar refractivity (Wildman–Crippen MR) is 89.4 cm³/mol. The van der Waals surface area contributed by atoms with Gasteiger partial charge in [-0.2, -0.15) is 0 Å². The molecule has 0 aliphatic rings. The second-order valence-corrected chi connectivity index (χ2v) is 6.33. The molecule has 0 heterocycles. The van der Waals surface area contributed by atoms with Crippen LogP contribution in [0.25, 0.3) is 0 Å². The smallest absolute Gasteiger partial charge is 0.258 e. The number of aryl methyl sites for hydroxylation is 1. The number of carbonyl (C=O) groups is 1. The topological polar surface area (TPSA) is 37.4 Å². The fourth-order valence-electron chi connectivity index (χ4n) is 1.98. The lowest BCUT2D eigenvalue weighted by atomic mass is 10.2. The Morgan fingerprint density at radius 2 is 1.73 bits per heavy atom. The lowest BCUT2D eigenvalue weighted by Crippen LogP contribution is -2.31. The molecule has 22 heavy (non-hydrogen) atoms. The molecule has 0 aromatic heterocycles. The number of nitrogens with zero attached hydrogens (tertiary/aromatic N) is 1. The Morgan fingerprint density at radius 3 is 2.32 bits per heavy atom. The highest BCUT2D eigenvalue weighted by Crippen LogP contribution is 2.16. The molecule has 0 unspecified atom stereocenters. The third-order valence-electron chi connectivity index (χ3n) is 3.15. The predicted octanol–water partition coefficient (Wildman–Crippen LogP) is 3.62. The first-order valence-corrected chi connectivity index (χ1v) is 8.19. The van der Waals surface area contributed by atoms with Gasteiger partial charge in [-0.05, 0) is 37.6 Å². The average molecular weight is 313 g/mol. The zero-order valence-corrected chi connectivity index (χ0v) is 13.5. The summed E-state index contributed by atoms with van der Waals surface area (Å²) in [6, 6.07) is 17.0. The van der Waals surface area contributed by atoms with E-state index in [1.165, 1.54) is 10.4 Å². The summed E-state index contributed by atoms with van der Waals surface area (Å²) in [5, 5.41) is 0. The molecule has 2 aromatic rings. The number of amides is 1. The molecule has 4 heteroatoms. The van der Waals surface area contributed by atoms with E-state index in [0.29, 0.717) is 11.4 Å². The van der Waals surface area contributed by atoms with Gasteiger partial charge in [0.05, 0.1) is 11.4 Å². The van der Waals surface area contributed by atoms with E-state index in [2.05, 4.69) is 0 Å². The number of rotatable bonds is 5. The monoisotopic (exact) mass is 313 g/mol. The van der Waals surface area contributed by atoms with Crippen molar-refractivity contribution in [1.29, 1.82) is 0 Å². The summed E-state index contributed by atoms with van der Waals surface area (Å²) < 4.78 is 14.1. The lowest BCUT2D eigenvalue weighted by Gasteiger charge is -2.20. The minimum atomic E-state index is -1.53. The molecule has 1 amide bonds. The number of carbonyl (C=O) groups excluding carboxylic acids is 1. The summed E-state index contributed by atoms with van der Waals surface area (Å²) in [7, 11) is -1.53. The second-order valence-electron chi connectivity index (χ2n) is 4.92. The van der Waals surface area contributed by atoms with Crippen LogP contribution < -0.4 is 0 Å². The van der Waals surface area contributed by atoms with Gasteiger partial charge in [-0.15, -0.1) is 0 Å². The Hall–Kier alpha value is -2.20.